The molecule has 6 nitrogen and oxygen atoms in total. The summed E-state index contributed by atoms with van der Waals surface area (Å²) in [5.74, 6) is -0.239. The van der Waals surface area contributed by atoms with Gasteiger partial charge in [0.05, 0.1) is 6.04 Å². The van der Waals surface area contributed by atoms with Crippen molar-refractivity contribution in [2.75, 3.05) is 0 Å². The molecular formula is C16H23NO5S. The van der Waals surface area contributed by atoms with Gasteiger partial charge in [0.15, 0.2) is 5.78 Å². The first-order chi connectivity index (χ1) is 10.8. The van der Waals surface area contributed by atoms with Crippen molar-refractivity contribution in [1.29, 1.82) is 0 Å². The van der Waals surface area contributed by atoms with Gasteiger partial charge in [0.2, 0.25) is 5.91 Å². The summed E-state index contributed by atoms with van der Waals surface area (Å²) in [5.41, 5.74) is 0. The smallest absolute Gasteiger partial charge is 0.269 e. The highest BCUT2D eigenvalue weighted by Crippen LogP contribution is 2.47. The standard InChI is InChI=1S/C16H23NO5S/c1-3-12(18)7-10-5-6-11-9-14(23(20,21)22)16(13(11)8-10)17-15(19)4-2/h3-4,10-11,13-14,16H,1-2,5-9H2,(H,17,19)(H,20,21,22). The Morgan fingerprint density at radius 2 is 1.87 bits per heavy atom. The van der Waals surface area contributed by atoms with Gasteiger partial charge in [-0.15, -0.1) is 0 Å². The molecule has 7 heteroatoms. The van der Waals surface area contributed by atoms with E-state index in [4.69, 9.17) is 0 Å². The molecule has 2 saturated carbocycles. The molecule has 0 heterocycles. The van der Waals surface area contributed by atoms with Gasteiger partial charge in [0.25, 0.3) is 10.1 Å². The molecule has 0 saturated heterocycles. The van der Waals surface area contributed by atoms with E-state index in [1.807, 2.05) is 0 Å². The molecule has 2 rings (SSSR count). The van der Waals surface area contributed by atoms with Crippen molar-refractivity contribution < 1.29 is 22.6 Å². The maximum Gasteiger partial charge on any atom is 0.269 e. The van der Waals surface area contributed by atoms with Crippen LogP contribution in [-0.4, -0.2) is 36.0 Å². The number of hydrogen-bond donors (Lipinski definition) is 2. The molecule has 128 valence electrons. The first kappa shape index (κ1) is 17.9. The van der Waals surface area contributed by atoms with Crippen LogP contribution < -0.4 is 5.32 Å². The minimum absolute atomic E-state index is 0.0237. The first-order valence-corrected chi connectivity index (χ1v) is 9.31. The predicted molar refractivity (Wildman–Crippen MR) is 86.2 cm³/mol. The van der Waals surface area contributed by atoms with E-state index in [9.17, 15) is 22.6 Å². The summed E-state index contributed by atoms with van der Waals surface area (Å²) < 4.78 is 32.8. The lowest BCUT2D eigenvalue weighted by atomic mass is 9.73. The van der Waals surface area contributed by atoms with Gasteiger partial charge < -0.3 is 5.32 Å². The Kier molecular flexibility index (Phi) is 5.41. The van der Waals surface area contributed by atoms with E-state index in [1.165, 1.54) is 6.08 Å². The maximum atomic E-state index is 11.7. The number of carbonyl (C=O) groups excluding carboxylic acids is 2. The van der Waals surface area contributed by atoms with Gasteiger partial charge in [-0.1, -0.05) is 13.2 Å². The van der Waals surface area contributed by atoms with E-state index in [0.29, 0.717) is 19.3 Å². The molecule has 5 atom stereocenters. The van der Waals surface area contributed by atoms with Crippen LogP contribution in [0.15, 0.2) is 25.3 Å². The average molecular weight is 341 g/mol. The van der Waals surface area contributed by atoms with Crippen LogP contribution in [0.1, 0.15) is 32.1 Å². The predicted octanol–water partition coefficient (Wildman–Crippen LogP) is 1.49. The Morgan fingerprint density at radius 3 is 2.43 bits per heavy atom. The lowest BCUT2D eigenvalue weighted by molar-refractivity contribution is -0.118. The summed E-state index contributed by atoms with van der Waals surface area (Å²) in [6, 6.07) is -0.637. The van der Waals surface area contributed by atoms with E-state index in [1.54, 1.807) is 0 Å². The number of nitrogens with one attached hydrogen (secondary N) is 1. The van der Waals surface area contributed by atoms with Crippen molar-refractivity contribution >= 4 is 21.8 Å². The SMILES string of the molecule is C=CC(=O)CC1CCC2CC(S(=O)(=O)O)C(NC(=O)C=C)C2C1. The van der Waals surface area contributed by atoms with Gasteiger partial charge in [-0.05, 0) is 55.6 Å². The highest BCUT2D eigenvalue weighted by molar-refractivity contribution is 7.86. The van der Waals surface area contributed by atoms with E-state index < -0.39 is 27.3 Å². The van der Waals surface area contributed by atoms with E-state index in [0.717, 1.165) is 18.9 Å². The second-order valence-corrected chi connectivity index (χ2v) is 8.14. The Balaban J connectivity index is 2.19. The fourth-order valence-electron chi connectivity index (χ4n) is 4.10. The van der Waals surface area contributed by atoms with Gasteiger partial charge in [-0.2, -0.15) is 8.42 Å². The van der Waals surface area contributed by atoms with Gasteiger partial charge in [-0.3, -0.25) is 14.1 Å². The molecule has 0 radical (unpaired) electrons. The summed E-state index contributed by atoms with van der Waals surface area (Å²) in [6.07, 6.45) is 5.44. The number of amides is 1. The van der Waals surface area contributed by atoms with Crippen LogP contribution in [-0.2, 0) is 19.7 Å². The highest BCUT2D eigenvalue weighted by atomic mass is 32.2. The molecule has 2 aliphatic carbocycles. The molecule has 0 aromatic heterocycles. The van der Waals surface area contributed by atoms with Crippen molar-refractivity contribution in [2.45, 2.75) is 43.4 Å². The van der Waals surface area contributed by atoms with Gasteiger partial charge in [0, 0.05) is 6.42 Å². The van der Waals surface area contributed by atoms with Crippen molar-refractivity contribution in [3.05, 3.63) is 25.3 Å². The summed E-state index contributed by atoms with van der Waals surface area (Å²) in [4.78, 5) is 23.2. The molecule has 5 unspecified atom stereocenters. The van der Waals surface area contributed by atoms with Crippen molar-refractivity contribution in [3.8, 4) is 0 Å². The molecule has 0 bridgehead atoms. The Hall–Kier alpha value is -1.47. The zero-order valence-corrected chi connectivity index (χ0v) is 13.8. The highest BCUT2D eigenvalue weighted by Gasteiger charge is 2.51. The quantitative estimate of drug-likeness (QED) is 0.563. The minimum atomic E-state index is -4.24. The molecule has 0 spiro atoms. The summed E-state index contributed by atoms with van der Waals surface area (Å²) in [5, 5.41) is 1.68. The third-order valence-corrected chi connectivity index (χ3v) is 6.40. The Morgan fingerprint density at radius 1 is 1.17 bits per heavy atom. The Labute approximate surface area is 136 Å². The third kappa shape index (κ3) is 4.09. The van der Waals surface area contributed by atoms with Crippen LogP contribution in [0.5, 0.6) is 0 Å². The van der Waals surface area contributed by atoms with Crippen LogP contribution in [0, 0.1) is 17.8 Å². The van der Waals surface area contributed by atoms with Crippen molar-refractivity contribution in [1.82, 2.24) is 5.32 Å². The Bertz CT molecular complexity index is 612. The fraction of sp³-hybridized carbons (Fsp3) is 0.625. The molecule has 2 N–H and O–H groups in total. The second-order valence-electron chi connectivity index (χ2n) is 6.51. The monoisotopic (exact) mass is 341 g/mol. The van der Waals surface area contributed by atoms with Gasteiger partial charge in [0.1, 0.15) is 5.25 Å². The topological polar surface area (TPSA) is 101 Å². The zero-order valence-electron chi connectivity index (χ0n) is 13.0. The molecule has 1 amide bonds. The largest absolute Gasteiger partial charge is 0.348 e. The summed E-state index contributed by atoms with van der Waals surface area (Å²) in [6.45, 7) is 6.85. The number of allylic oxidation sites excluding steroid dienone is 1. The van der Waals surface area contributed by atoms with Crippen molar-refractivity contribution in [2.24, 2.45) is 17.8 Å². The molecule has 2 fully saturated rings. The van der Waals surface area contributed by atoms with Gasteiger partial charge in [-0.25, -0.2) is 0 Å². The summed E-state index contributed by atoms with van der Waals surface area (Å²) in [7, 11) is -4.24. The number of rotatable bonds is 6. The van der Waals surface area contributed by atoms with Crippen LogP contribution in [0.2, 0.25) is 0 Å². The van der Waals surface area contributed by atoms with Crippen LogP contribution in [0.3, 0.4) is 0 Å². The zero-order chi connectivity index (χ0) is 17.2. The molecule has 2 aliphatic rings. The molecular weight excluding hydrogens is 318 g/mol. The van der Waals surface area contributed by atoms with Crippen LogP contribution in [0.4, 0.5) is 0 Å². The fourth-order valence-corrected chi connectivity index (χ4v) is 5.23. The molecule has 0 aromatic rings. The molecule has 0 aliphatic heterocycles. The normalized spacial score (nSPS) is 33.5. The van der Waals surface area contributed by atoms with Crippen LogP contribution >= 0.6 is 0 Å². The van der Waals surface area contributed by atoms with E-state index in [2.05, 4.69) is 18.5 Å². The van der Waals surface area contributed by atoms with E-state index in [-0.39, 0.29) is 23.5 Å². The number of ketones is 1. The third-order valence-electron chi connectivity index (χ3n) is 5.15. The van der Waals surface area contributed by atoms with Crippen molar-refractivity contribution in [3.63, 3.8) is 0 Å². The average Bonchev–Trinajstić information content (AvgIpc) is 2.85. The number of fused-ring (bicyclic) bond motifs is 1. The lowest BCUT2D eigenvalue weighted by Crippen LogP contribution is -2.47. The van der Waals surface area contributed by atoms with Crippen LogP contribution in [0.25, 0.3) is 0 Å². The molecule has 23 heavy (non-hydrogen) atoms. The minimum Gasteiger partial charge on any atom is -0.348 e. The lowest BCUT2D eigenvalue weighted by Gasteiger charge is -2.34. The first-order valence-electron chi connectivity index (χ1n) is 7.80. The molecule has 0 aromatic carbocycles. The van der Waals surface area contributed by atoms with Gasteiger partial charge >= 0.3 is 0 Å². The number of hydrogen-bond acceptors (Lipinski definition) is 4. The number of carbonyl (C=O) groups is 2. The van der Waals surface area contributed by atoms with E-state index >= 15 is 0 Å². The second kappa shape index (κ2) is 6.97. The summed E-state index contributed by atoms with van der Waals surface area (Å²) >= 11 is 0. The maximum absolute atomic E-state index is 11.7.